The molecular formula is C10H10O2S. The molecule has 0 atom stereocenters. The summed E-state index contributed by atoms with van der Waals surface area (Å²) >= 11 is 1.68. The van der Waals surface area contributed by atoms with Crippen LogP contribution in [0.2, 0.25) is 0 Å². The summed E-state index contributed by atoms with van der Waals surface area (Å²) in [6, 6.07) is 5.92. The highest BCUT2D eigenvalue weighted by Crippen LogP contribution is 2.36. The molecule has 0 aliphatic carbocycles. The molecule has 0 amide bonds. The molecule has 0 spiro atoms. The van der Waals surface area contributed by atoms with Gasteiger partial charge in [0.2, 0.25) is 0 Å². The smallest absolute Gasteiger partial charge is 0.138 e. The highest BCUT2D eigenvalue weighted by Gasteiger charge is 2.12. The predicted octanol–water partition coefficient (Wildman–Crippen LogP) is 2.26. The Morgan fingerprint density at radius 3 is 3.23 bits per heavy atom. The summed E-state index contributed by atoms with van der Waals surface area (Å²) in [6.07, 6.45) is 0.522. The summed E-state index contributed by atoms with van der Waals surface area (Å²) in [7, 11) is 0. The van der Waals surface area contributed by atoms with Gasteiger partial charge < -0.3 is 4.74 Å². The van der Waals surface area contributed by atoms with Crippen molar-refractivity contribution in [2.75, 3.05) is 5.94 Å². The van der Waals surface area contributed by atoms with Crippen molar-refractivity contribution >= 4 is 17.5 Å². The molecule has 3 heteroatoms. The second-order valence-corrected chi connectivity index (χ2v) is 4.03. The van der Waals surface area contributed by atoms with Crippen LogP contribution in [0.1, 0.15) is 12.5 Å². The first kappa shape index (κ1) is 8.63. The van der Waals surface area contributed by atoms with Crippen molar-refractivity contribution in [1.82, 2.24) is 0 Å². The van der Waals surface area contributed by atoms with E-state index in [1.54, 1.807) is 18.7 Å². The first-order chi connectivity index (χ1) is 6.25. The number of ketones is 1. The van der Waals surface area contributed by atoms with Crippen molar-refractivity contribution in [3.63, 3.8) is 0 Å². The molecule has 2 rings (SSSR count). The minimum absolute atomic E-state index is 0.198. The van der Waals surface area contributed by atoms with Gasteiger partial charge in [0.25, 0.3) is 0 Å². The largest absolute Gasteiger partial charge is 0.481 e. The van der Waals surface area contributed by atoms with Crippen molar-refractivity contribution in [1.29, 1.82) is 0 Å². The van der Waals surface area contributed by atoms with E-state index in [-0.39, 0.29) is 5.78 Å². The summed E-state index contributed by atoms with van der Waals surface area (Å²) in [4.78, 5) is 12.0. The zero-order chi connectivity index (χ0) is 9.26. The van der Waals surface area contributed by atoms with Gasteiger partial charge in [0, 0.05) is 6.42 Å². The highest BCUT2D eigenvalue weighted by molar-refractivity contribution is 7.99. The third-order valence-electron chi connectivity index (χ3n) is 1.89. The van der Waals surface area contributed by atoms with Crippen LogP contribution in [0, 0.1) is 0 Å². The molecule has 1 aromatic carbocycles. The second kappa shape index (κ2) is 3.42. The fourth-order valence-corrected chi connectivity index (χ4v) is 2.16. The molecule has 0 bridgehead atoms. The third-order valence-corrected chi connectivity index (χ3v) is 2.76. The number of fused-ring (bicyclic) bond motifs is 1. The molecule has 13 heavy (non-hydrogen) atoms. The van der Waals surface area contributed by atoms with E-state index in [0.29, 0.717) is 12.4 Å². The predicted molar refractivity (Wildman–Crippen MR) is 52.2 cm³/mol. The monoisotopic (exact) mass is 194 g/mol. The van der Waals surface area contributed by atoms with Crippen molar-refractivity contribution in [2.24, 2.45) is 0 Å². The molecule has 0 N–H and O–H groups in total. The number of carbonyl (C=O) groups is 1. The van der Waals surface area contributed by atoms with Crippen LogP contribution in [0.3, 0.4) is 0 Å². The topological polar surface area (TPSA) is 26.3 Å². The maximum Gasteiger partial charge on any atom is 0.138 e. The number of ether oxygens (including phenoxy) is 1. The van der Waals surface area contributed by atoms with Crippen molar-refractivity contribution < 1.29 is 9.53 Å². The quantitative estimate of drug-likeness (QED) is 0.722. The molecule has 2 nitrogen and oxygen atoms in total. The Labute approximate surface area is 81.3 Å². The number of carbonyl (C=O) groups excluding carboxylic acids is 1. The number of thioether (sulfide) groups is 1. The lowest BCUT2D eigenvalue weighted by Crippen LogP contribution is -1.95. The summed E-state index contributed by atoms with van der Waals surface area (Å²) in [5.41, 5.74) is 1.07. The van der Waals surface area contributed by atoms with E-state index in [9.17, 15) is 4.79 Å². The van der Waals surface area contributed by atoms with Crippen LogP contribution in [-0.2, 0) is 11.2 Å². The molecule has 0 radical (unpaired) electrons. The molecule has 1 heterocycles. The number of rotatable bonds is 2. The van der Waals surface area contributed by atoms with E-state index in [1.165, 1.54) is 0 Å². The normalized spacial score (nSPS) is 13.6. The molecule has 1 aromatic rings. The Kier molecular flexibility index (Phi) is 2.27. The van der Waals surface area contributed by atoms with Gasteiger partial charge in [0.05, 0.1) is 4.90 Å². The zero-order valence-electron chi connectivity index (χ0n) is 7.37. The van der Waals surface area contributed by atoms with Crippen LogP contribution in [0.4, 0.5) is 0 Å². The van der Waals surface area contributed by atoms with Crippen LogP contribution in [0.5, 0.6) is 5.75 Å². The highest BCUT2D eigenvalue weighted by atomic mass is 32.2. The lowest BCUT2D eigenvalue weighted by Gasteiger charge is -2.00. The second-order valence-electron chi connectivity index (χ2n) is 3.07. The maximum absolute atomic E-state index is 10.9. The first-order valence-electron chi connectivity index (χ1n) is 4.13. The van der Waals surface area contributed by atoms with Gasteiger partial charge >= 0.3 is 0 Å². The average Bonchev–Trinajstić information content (AvgIpc) is 2.49. The molecule has 68 valence electrons. The molecule has 1 aliphatic rings. The van der Waals surface area contributed by atoms with Gasteiger partial charge in [-0.2, -0.15) is 0 Å². The SMILES string of the molecule is CC(=O)Cc1ccc2c(c1)SCO2. The summed E-state index contributed by atoms with van der Waals surface area (Å²) in [6.45, 7) is 1.61. The number of benzene rings is 1. The van der Waals surface area contributed by atoms with Gasteiger partial charge in [-0.3, -0.25) is 4.79 Å². The van der Waals surface area contributed by atoms with Gasteiger partial charge in [0.1, 0.15) is 17.5 Å². The Morgan fingerprint density at radius 1 is 1.62 bits per heavy atom. The minimum atomic E-state index is 0.198. The van der Waals surface area contributed by atoms with Gasteiger partial charge in [-0.05, 0) is 24.6 Å². The van der Waals surface area contributed by atoms with Crippen LogP contribution in [0.25, 0.3) is 0 Å². The Balaban J connectivity index is 2.25. The molecular weight excluding hydrogens is 184 g/mol. The molecule has 0 aromatic heterocycles. The van der Waals surface area contributed by atoms with E-state index < -0.39 is 0 Å². The molecule has 0 fully saturated rings. The minimum Gasteiger partial charge on any atom is -0.481 e. The average molecular weight is 194 g/mol. The summed E-state index contributed by atoms with van der Waals surface area (Å²) in [5, 5.41) is 0. The fraction of sp³-hybridized carbons (Fsp3) is 0.300. The standard InChI is InChI=1S/C10H10O2S/c1-7(11)4-8-2-3-9-10(5-8)13-6-12-9/h2-3,5H,4,6H2,1H3. The van der Waals surface area contributed by atoms with Crippen LogP contribution in [-0.4, -0.2) is 11.7 Å². The van der Waals surface area contributed by atoms with E-state index in [4.69, 9.17) is 4.74 Å². The van der Waals surface area contributed by atoms with E-state index in [0.717, 1.165) is 16.2 Å². The van der Waals surface area contributed by atoms with Crippen molar-refractivity contribution in [2.45, 2.75) is 18.2 Å². The molecule has 0 saturated carbocycles. The van der Waals surface area contributed by atoms with Crippen LogP contribution < -0.4 is 4.74 Å². The lowest BCUT2D eigenvalue weighted by molar-refractivity contribution is -0.116. The summed E-state index contributed by atoms with van der Waals surface area (Å²) < 4.78 is 5.34. The van der Waals surface area contributed by atoms with Crippen LogP contribution in [0.15, 0.2) is 23.1 Å². The Hall–Kier alpha value is -0.960. The lowest BCUT2D eigenvalue weighted by atomic mass is 10.1. The summed E-state index contributed by atoms with van der Waals surface area (Å²) in [5.74, 6) is 1.83. The Morgan fingerprint density at radius 2 is 2.46 bits per heavy atom. The van der Waals surface area contributed by atoms with Crippen molar-refractivity contribution in [3.8, 4) is 5.75 Å². The number of hydrogen-bond donors (Lipinski definition) is 0. The number of Topliss-reactive ketones (excluding diaryl/α,β-unsaturated/α-hetero) is 1. The molecule has 0 unspecified atom stereocenters. The van der Waals surface area contributed by atoms with E-state index in [2.05, 4.69) is 0 Å². The maximum atomic E-state index is 10.9. The molecule has 1 aliphatic heterocycles. The van der Waals surface area contributed by atoms with Gasteiger partial charge in [-0.15, -0.1) is 0 Å². The van der Waals surface area contributed by atoms with Crippen molar-refractivity contribution in [3.05, 3.63) is 23.8 Å². The Bertz CT molecular complexity index is 347. The zero-order valence-corrected chi connectivity index (χ0v) is 8.19. The van der Waals surface area contributed by atoms with Gasteiger partial charge in [0.15, 0.2) is 0 Å². The first-order valence-corrected chi connectivity index (χ1v) is 5.12. The molecule has 0 saturated heterocycles. The van der Waals surface area contributed by atoms with E-state index >= 15 is 0 Å². The van der Waals surface area contributed by atoms with E-state index in [1.807, 2.05) is 18.2 Å². The van der Waals surface area contributed by atoms with Gasteiger partial charge in [-0.25, -0.2) is 0 Å². The van der Waals surface area contributed by atoms with Gasteiger partial charge in [-0.1, -0.05) is 17.8 Å². The number of hydrogen-bond acceptors (Lipinski definition) is 3. The van der Waals surface area contributed by atoms with Crippen LogP contribution >= 0.6 is 11.8 Å². The third kappa shape index (κ3) is 1.86. The fourth-order valence-electron chi connectivity index (χ4n) is 1.34.